The lowest BCUT2D eigenvalue weighted by atomic mass is 9.76. The Kier molecular flexibility index (Phi) is 5.74. The van der Waals surface area contributed by atoms with E-state index in [4.69, 9.17) is 0 Å². The summed E-state index contributed by atoms with van der Waals surface area (Å²) in [4.78, 5) is 0. The first-order valence-electron chi connectivity index (χ1n) is 8.43. The van der Waals surface area contributed by atoms with Gasteiger partial charge >= 0.3 is 0 Å². The van der Waals surface area contributed by atoms with E-state index in [2.05, 4.69) is 42.2 Å². The van der Waals surface area contributed by atoms with Crippen LogP contribution in [0.2, 0.25) is 0 Å². The predicted octanol–water partition coefficient (Wildman–Crippen LogP) is 5.19. The van der Waals surface area contributed by atoms with Crippen molar-refractivity contribution in [2.75, 3.05) is 0 Å². The second-order valence-corrected chi connectivity index (χ2v) is 9.60. The van der Waals surface area contributed by atoms with E-state index in [0.29, 0.717) is 0 Å². The standard InChI is InChI=1S/C20H29NOS/c1-6-12-20(15-17-10-7-9-16(2)14-17)13-8-11-18(20)21-23(22)19(3,4)5/h6-7,9-10,14H,1,8,11-13,15H2,2-5H3/b21-18+/t20-,23?/m1/s1. The minimum atomic E-state index is -1.19. The van der Waals surface area contributed by atoms with Gasteiger partial charge in [-0.05, 0) is 65.4 Å². The minimum absolute atomic E-state index is 0.00352. The summed E-state index contributed by atoms with van der Waals surface area (Å²) in [5, 5.41) is 0. The van der Waals surface area contributed by atoms with Crippen molar-refractivity contribution in [1.82, 2.24) is 0 Å². The van der Waals surface area contributed by atoms with Crippen LogP contribution in [-0.2, 0) is 17.8 Å². The van der Waals surface area contributed by atoms with Crippen LogP contribution in [0.5, 0.6) is 0 Å². The first-order chi connectivity index (χ1) is 10.8. The average Bonchev–Trinajstić information content (AvgIpc) is 2.81. The fraction of sp³-hybridized carbons (Fsp3) is 0.550. The molecule has 1 aliphatic carbocycles. The second-order valence-electron chi connectivity index (χ2n) is 7.69. The maximum atomic E-state index is 12.5. The third kappa shape index (κ3) is 4.48. The topological polar surface area (TPSA) is 35.4 Å². The molecule has 0 heterocycles. The molecule has 0 bridgehead atoms. The summed E-state index contributed by atoms with van der Waals surface area (Å²) < 4.78 is 16.9. The Morgan fingerprint density at radius 2 is 2.13 bits per heavy atom. The Bertz CT molecular complexity index is 588. The molecule has 3 heteroatoms. The van der Waals surface area contributed by atoms with Gasteiger partial charge in [0, 0.05) is 5.41 Å². The van der Waals surface area contributed by atoms with Crippen molar-refractivity contribution in [2.45, 2.75) is 64.5 Å². The smallest absolute Gasteiger partial charge is 0.144 e. The summed E-state index contributed by atoms with van der Waals surface area (Å²) >= 11 is -1.19. The quantitative estimate of drug-likeness (QED) is 0.540. The molecule has 2 rings (SSSR count). The summed E-state index contributed by atoms with van der Waals surface area (Å²) in [7, 11) is 0. The van der Waals surface area contributed by atoms with Crippen molar-refractivity contribution in [2.24, 2.45) is 9.81 Å². The summed E-state index contributed by atoms with van der Waals surface area (Å²) in [5.74, 6) is 0. The third-order valence-corrected chi connectivity index (χ3v) is 5.99. The van der Waals surface area contributed by atoms with Crippen molar-refractivity contribution in [1.29, 1.82) is 0 Å². The van der Waals surface area contributed by atoms with Gasteiger partial charge in [0.15, 0.2) is 0 Å². The van der Waals surface area contributed by atoms with E-state index in [1.807, 2.05) is 26.8 Å². The lowest BCUT2D eigenvalue weighted by Crippen LogP contribution is -2.32. The molecular formula is C20H29NOS. The molecule has 1 aromatic rings. The Labute approximate surface area is 144 Å². The summed E-state index contributed by atoms with van der Waals surface area (Å²) in [5.41, 5.74) is 3.75. The predicted molar refractivity (Wildman–Crippen MR) is 101 cm³/mol. The summed E-state index contributed by atoms with van der Waals surface area (Å²) in [6.45, 7) is 12.0. The zero-order valence-corrected chi connectivity index (χ0v) is 15.7. The first-order valence-corrected chi connectivity index (χ1v) is 9.54. The Balaban J connectivity index is 2.34. The van der Waals surface area contributed by atoms with Gasteiger partial charge in [-0.1, -0.05) is 40.3 Å². The highest BCUT2D eigenvalue weighted by molar-refractivity contribution is 7.91. The Hall–Kier alpha value is -1.06. The normalized spacial score (nSPS) is 24.8. The highest BCUT2D eigenvalue weighted by atomic mass is 32.2. The average molecular weight is 332 g/mol. The van der Waals surface area contributed by atoms with Crippen LogP contribution >= 0.6 is 0 Å². The maximum absolute atomic E-state index is 12.5. The van der Waals surface area contributed by atoms with Crippen LogP contribution in [-0.4, -0.2) is 15.0 Å². The van der Waals surface area contributed by atoms with Crippen molar-refractivity contribution < 1.29 is 4.55 Å². The van der Waals surface area contributed by atoms with Gasteiger partial charge in [0.2, 0.25) is 0 Å². The van der Waals surface area contributed by atoms with E-state index >= 15 is 0 Å². The zero-order chi connectivity index (χ0) is 17.1. The molecule has 0 radical (unpaired) electrons. The number of hydrogen-bond acceptors (Lipinski definition) is 2. The molecule has 0 spiro atoms. The number of hydrogen-bond donors (Lipinski definition) is 0. The zero-order valence-electron chi connectivity index (χ0n) is 14.9. The fourth-order valence-electron chi connectivity index (χ4n) is 3.35. The van der Waals surface area contributed by atoms with Gasteiger partial charge in [-0.2, -0.15) is 0 Å². The van der Waals surface area contributed by atoms with Crippen LogP contribution in [0.3, 0.4) is 0 Å². The van der Waals surface area contributed by atoms with Crippen molar-refractivity contribution in [3.63, 3.8) is 0 Å². The molecule has 0 aromatic heterocycles. The largest absolute Gasteiger partial charge is 0.591 e. The van der Waals surface area contributed by atoms with Gasteiger partial charge in [0.1, 0.15) is 16.1 Å². The maximum Gasteiger partial charge on any atom is 0.144 e. The Morgan fingerprint density at radius 3 is 2.74 bits per heavy atom. The lowest BCUT2D eigenvalue weighted by molar-refractivity contribution is 0.414. The first kappa shape index (κ1) is 18.3. The number of allylic oxidation sites excluding steroid dienone is 1. The molecule has 1 saturated carbocycles. The van der Waals surface area contributed by atoms with E-state index in [1.54, 1.807) is 0 Å². The SMILES string of the molecule is C=CC[C@]1(Cc2cccc(C)c2)CCC/C1=N\[S+]([O-])C(C)(C)C. The van der Waals surface area contributed by atoms with E-state index < -0.39 is 11.4 Å². The second kappa shape index (κ2) is 7.23. The van der Waals surface area contributed by atoms with Crippen LogP contribution in [0.1, 0.15) is 57.6 Å². The van der Waals surface area contributed by atoms with Crippen molar-refractivity contribution in [3.05, 3.63) is 48.0 Å². The molecule has 1 unspecified atom stereocenters. The van der Waals surface area contributed by atoms with Crippen LogP contribution in [0, 0.1) is 12.3 Å². The van der Waals surface area contributed by atoms with Crippen molar-refractivity contribution >= 4 is 17.1 Å². The minimum Gasteiger partial charge on any atom is -0.591 e. The van der Waals surface area contributed by atoms with E-state index in [-0.39, 0.29) is 10.2 Å². The van der Waals surface area contributed by atoms with Gasteiger partial charge in [0.05, 0.1) is 5.71 Å². The van der Waals surface area contributed by atoms with E-state index in [0.717, 1.165) is 37.8 Å². The molecule has 1 aromatic carbocycles. The molecule has 23 heavy (non-hydrogen) atoms. The molecule has 2 nitrogen and oxygen atoms in total. The van der Waals surface area contributed by atoms with Crippen LogP contribution in [0.25, 0.3) is 0 Å². The summed E-state index contributed by atoms with van der Waals surface area (Å²) in [6, 6.07) is 8.68. The third-order valence-electron chi connectivity index (χ3n) is 4.56. The van der Waals surface area contributed by atoms with Crippen LogP contribution in [0.15, 0.2) is 41.3 Å². The molecule has 0 amide bonds. The molecule has 0 aliphatic heterocycles. The van der Waals surface area contributed by atoms with Crippen LogP contribution < -0.4 is 0 Å². The van der Waals surface area contributed by atoms with Gasteiger partial charge < -0.3 is 4.55 Å². The van der Waals surface area contributed by atoms with Gasteiger partial charge in [-0.3, -0.25) is 0 Å². The van der Waals surface area contributed by atoms with E-state index in [9.17, 15) is 4.55 Å². The van der Waals surface area contributed by atoms with Gasteiger partial charge in [-0.25, -0.2) is 0 Å². The molecule has 1 aliphatic rings. The summed E-state index contributed by atoms with van der Waals surface area (Å²) in [6.07, 6.45) is 7.05. The number of rotatable bonds is 5. The highest BCUT2D eigenvalue weighted by Crippen LogP contribution is 2.43. The van der Waals surface area contributed by atoms with Crippen LogP contribution in [0.4, 0.5) is 0 Å². The molecule has 1 fully saturated rings. The Morgan fingerprint density at radius 1 is 1.39 bits per heavy atom. The highest BCUT2D eigenvalue weighted by Gasteiger charge is 2.41. The molecule has 0 saturated heterocycles. The fourth-order valence-corrected chi connectivity index (χ4v) is 4.11. The van der Waals surface area contributed by atoms with Gasteiger partial charge in [0.25, 0.3) is 0 Å². The van der Waals surface area contributed by atoms with Gasteiger partial charge in [-0.15, -0.1) is 6.58 Å². The molecule has 2 atom stereocenters. The molecule has 0 N–H and O–H groups in total. The molecular weight excluding hydrogens is 302 g/mol. The van der Waals surface area contributed by atoms with Crippen molar-refractivity contribution in [3.8, 4) is 0 Å². The number of benzene rings is 1. The number of aryl methyl sites for hydroxylation is 1. The van der Waals surface area contributed by atoms with E-state index in [1.165, 1.54) is 11.1 Å². The lowest BCUT2D eigenvalue weighted by Gasteiger charge is -2.29. The molecule has 126 valence electrons. The number of nitrogens with zero attached hydrogens (tertiary/aromatic N) is 1. The monoisotopic (exact) mass is 331 g/mol.